The number of aromatic nitrogens is 2. The normalized spacial score (nSPS) is 10.8. The lowest BCUT2D eigenvalue weighted by molar-refractivity contribution is -0.121. The largest absolute Gasteiger partial charge is 0.356 e. The Bertz CT molecular complexity index is 1000. The lowest BCUT2D eigenvalue weighted by Crippen LogP contribution is -2.29. The van der Waals surface area contributed by atoms with E-state index in [0.29, 0.717) is 29.4 Å². The van der Waals surface area contributed by atoms with Gasteiger partial charge in [0.1, 0.15) is 5.82 Å². The highest BCUT2D eigenvalue weighted by atomic mass is 79.9. The van der Waals surface area contributed by atoms with Crippen molar-refractivity contribution in [2.75, 3.05) is 6.54 Å². The number of halogens is 2. The lowest BCUT2D eigenvalue weighted by atomic mass is 10.1. The minimum Gasteiger partial charge on any atom is -0.356 e. The first-order chi connectivity index (χ1) is 12.5. The van der Waals surface area contributed by atoms with Crippen LogP contribution in [0.1, 0.15) is 12.0 Å². The molecule has 2 aromatic carbocycles. The molecule has 0 saturated heterocycles. The molecule has 3 rings (SSSR count). The number of nitrogens with zero attached hydrogens (tertiary/aromatic N) is 2. The number of amides is 1. The summed E-state index contributed by atoms with van der Waals surface area (Å²) in [7, 11) is 0. The van der Waals surface area contributed by atoms with Crippen LogP contribution in [0.15, 0.2) is 58.1 Å². The Balaban J connectivity index is 1.56. The minimum absolute atomic E-state index is 0.151. The van der Waals surface area contributed by atoms with Crippen molar-refractivity contribution in [3.8, 4) is 0 Å². The maximum absolute atomic E-state index is 13.5. The fraction of sp³-hybridized carbons (Fsp3) is 0.211. The van der Waals surface area contributed by atoms with E-state index >= 15 is 0 Å². The van der Waals surface area contributed by atoms with Crippen molar-refractivity contribution in [3.05, 3.63) is 75.0 Å². The number of benzene rings is 2. The van der Waals surface area contributed by atoms with E-state index in [-0.39, 0.29) is 30.2 Å². The number of hydrogen-bond acceptors (Lipinski definition) is 3. The molecule has 0 aliphatic carbocycles. The minimum atomic E-state index is -0.276. The number of hydrogen-bond donors (Lipinski definition) is 1. The Morgan fingerprint density at radius 3 is 2.85 bits per heavy atom. The zero-order valence-corrected chi connectivity index (χ0v) is 15.5. The fourth-order valence-corrected chi connectivity index (χ4v) is 3.00. The molecule has 7 heteroatoms. The Kier molecular flexibility index (Phi) is 5.78. The van der Waals surface area contributed by atoms with Crippen LogP contribution in [0.4, 0.5) is 4.39 Å². The molecule has 0 bridgehead atoms. The van der Waals surface area contributed by atoms with Crippen LogP contribution in [0.2, 0.25) is 0 Å². The van der Waals surface area contributed by atoms with Crippen LogP contribution in [0.5, 0.6) is 0 Å². The highest BCUT2D eigenvalue weighted by Gasteiger charge is 2.08. The number of rotatable bonds is 6. The van der Waals surface area contributed by atoms with Crippen molar-refractivity contribution in [1.82, 2.24) is 14.9 Å². The maximum atomic E-state index is 13.5. The van der Waals surface area contributed by atoms with Crippen LogP contribution in [-0.4, -0.2) is 22.0 Å². The Morgan fingerprint density at radius 2 is 2.04 bits per heavy atom. The second-order valence-corrected chi connectivity index (χ2v) is 6.76. The highest BCUT2D eigenvalue weighted by molar-refractivity contribution is 9.10. The molecule has 0 fully saturated rings. The topological polar surface area (TPSA) is 64.0 Å². The first-order valence-electron chi connectivity index (χ1n) is 8.19. The van der Waals surface area contributed by atoms with Crippen LogP contribution >= 0.6 is 15.9 Å². The van der Waals surface area contributed by atoms with E-state index in [1.165, 1.54) is 17.0 Å². The molecule has 1 amide bonds. The van der Waals surface area contributed by atoms with E-state index < -0.39 is 0 Å². The van der Waals surface area contributed by atoms with Gasteiger partial charge in [0.05, 0.1) is 17.2 Å². The molecule has 3 aromatic rings. The summed E-state index contributed by atoms with van der Waals surface area (Å²) in [4.78, 5) is 28.7. The number of carbonyl (C=O) groups is 1. The molecule has 1 heterocycles. The summed E-state index contributed by atoms with van der Waals surface area (Å²) in [6.45, 7) is 0.581. The SMILES string of the molecule is O=C(CCn1cnc2ccc(Br)cc2c1=O)NCCc1ccccc1F. The van der Waals surface area contributed by atoms with E-state index in [2.05, 4.69) is 26.2 Å². The Labute approximate surface area is 158 Å². The fourth-order valence-electron chi connectivity index (χ4n) is 2.64. The third kappa shape index (κ3) is 4.35. The Hall–Kier alpha value is -2.54. The summed E-state index contributed by atoms with van der Waals surface area (Å²) in [6, 6.07) is 11.8. The monoisotopic (exact) mass is 417 g/mol. The van der Waals surface area contributed by atoms with Gasteiger partial charge in [0.25, 0.3) is 5.56 Å². The lowest BCUT2D eigenvalue weighted by Gasteiger charge is -2.08. The van der Waals surface area contributed by atoms with Gasteiger partial charge in [0.15, 0.2) is 0 Å². The molecule has 0 aliphatic heterocycles. The van der Waals surface area contributed by atoms with Crippen LogP contribution in [0.3, 0.4) is 0 Å². The molecule has 26 heavy (non-hydrogen) atoms. The van der Waals surface area contributed by atoms with Gasteiger partial charge in [-0.3, -0.25) is 14.2 Å². The molecule has 0 saturated carbocycles. The molecule has 0 unspecified atom stereocenters. The van der Waals surface area contributed by atoms with Crippen LogP contribution < -0.4 is 10.9 Å². The van der Waals surface area contributed by atoms with Crippen LogP contribution in [0.25, 0.3) is 10.9 Å². The zero-order chi connectivity index (χ0) is 18.5. The first-order valence-corrected chi connectivity index (χ1v) is 8.99. The molecular formula is C19H17BrFN3O2. The van der Waals surface area contributed by atoms with Crippen molar-refractivity contribution in [3.63, 3.8) is 0 Å². The van der Waals surface area contributed by atoms with Gasteiger partial charge in [-0.25, -0.2) is 9.37 Å². The van der Waals surface area contributed by atoms with E-state index in [1.807, 2.05) is 6.07 Å². The summed E-state index contributed by atoms with van der Waals surface area (Å²) in [5, 5.41) is 3.25. The van der Waals surface area contributed by atoms with Crippen molar-refractivity contribution in [2.45, 2.75) is 19.4 Å². The quantitative estimate of drug-likeness (QED) is 0.670. The molecule has 1 N–H and O–H groups in total. The number of nitrogens with one attached hydrogen (secondary N) is 1. The van der Waals surface area contributed by atoms with Crippen molar-refractivity contribution >= 4 is 32.7 Å². The van der Waals surface area contributed by atoms with E-state index in [4.69, 9.17) is 0 Å². The van der Waals surface area contributed by atoms with Gasteiger partial charge in [0.2, 0.25) is 5.91 Å². The van der Waals surface area contributed by atoms with Gasteiger partial charge in [0, 0.05) is 24.0 Å². The Morgan fingerprint density at radius 1 is 1.23 bits per heavy atom. The molecule has 0 spiro atoms. The highest BCUT2D eigenvalue weighted by Crippen LogP contribution is 2.14. The second-order valence-electron chi connectivity index (χ2n) is 5.85. The summed E-state index contributed by atoms with van der Waals surface area (Å²) in [5.41, 5.74) is 0.993. The third-order valence-corrected chi connectivity index (χ3v) is 4.53. The van der Waals surface area contributed by atoms with Crippen molar-refractivity contribution in [1.29, 1.82) is 0 Å². The summed E-state index contributed by atoms with van der Waals surface area (Å²) < 4.78 is 15.7. The van der Waals surface area contributed by atoms with E-state index in [0.717, 1.165) is 4.47 Å². The van der Waals surface area contributed by atoms with Gasteiger partial charge >= 0.3 is 0 Å². The van der Waals surface area contributed by atoms with E-state index in [9.17, 15) is 14.0 Å². The van der Waals surface area contributed by atoms with Crippen molar-refractivity contribution < 1.29 is 9.18 Å². The summed E-state index contributed by atoms with van der Waals surface area (Å²) >= 11 is 3.34. The van der Waals surface area contributed by atoms with E-state index in [1.54, 1.807) is 30.3 Å². The average Bonchev–Trinajstić information content (AvgIpc) is 2.63. The number of carbonyl (C=O) groups excluding carboxylic acids is 1. The third-order valence-electron chi connectivity index (χ3n) is 4.04. The molecule has 0 radical (unpaired) electrons. The smallest absolute Gasteiger partial charge is 0.261 e. The molecule has 134 valence electrons. The predicted octanol–water partition coefficient (Wildman–Crippen LogP) is 3.05. The molecule has 5 nitrogen and oxygen atoms in total. The molecule has 1 aromatic heterocycles. The van der Waals surface area contributed by atoms with Gasteiger partial charge < -0.3 is 5.32 Å². The second kappa shape index (κ2) is 8.23. The predicted molar refractivity (Wildman–Crippen MR) is 101 cm³/mol. The molecule has 0 aliphatic rings. The standard InChI is InChI=1S/C19H17BrFN3O2/c20-14-5-6-17-15(11-14)19(26)24(12-23-17)10-8-18(25)22-9-7-13-3-1-2-4-16(13)21/h1-6,11-12H,7-10H2,(H,22,25). The van der Waals surface area contributed by atoms with Crippen LogP contribution in [0, 0.1) is 5.82 Å². The maximum Gasteiger partial charge on any atom is 0.261 e. The number of aryl methyl sites for hydroxylation is 1. The van der Waals surface area contributed by atoms with Gasteiger partial charge in [-0.05, 0) is 36.2 Å². The molecule has 0 atom stereocenters. The van der Waals surface area contributed by atoms with Gasteiger partial charge in [-0.1, -0.05) is 34.1 Å². The molecular weight excluding hydrogens is 401 g/mol. The first kappa shape index (κ1) is 18.3. The van der Waals surface area contributed by atoms with Gasteiger partial charge in [-0.2, -0.15) is 0 Å². The van der Waals surface area contributed by atoms with Crippen LogP contribution in [-0.2, 0) is 17.8 Å². The number of fused-ring (bicyclic) bond motifs is 1. The zero-order valence-electron chi connectivity index (χ0n) is 13.9. The van der Waals surface area contributed by atoms with Gasteiger partial charge in [-0.15, -0.1) is 0 Å². The summed E-state index contributed by atoms with van der Waals surface area (Å²) in [6.07, 6.45) is 2.02. The van der Waals surface area contributed by atoms with Crippen molar-refractivity contribution in [2.24, 2.45) is 0 Å². The average molecular weight is 418 g/mol. The summed E-state index contributed by atoms with van der Waals surface area (Å²) in [5.74, 6) is -0.468.